The molecule has 0 bridgehead atoms. The molecule has 3 N–H and O–H groups in total. The normalized spacial score (nSPS) is 25.9. The Bertz CT molecular complexity index is 533. The van der Waals surface area contributed by atoms with Gasteiger partial charge in [0.15, 0.2) is 0 Å². The molecule has 20 heavy (non-hydrogen) atoms. The lowest BCUT2D eigenvalue weighted by Gasteiger charge is -2.31. The lowest BCUT2D eigenvalue weighted by atomic mass is 9.78. The number of aromatic nitrogens is 1. The predicted octanol–water partition coefficient (Wildman–Crippen LogP) is 1.64. The zero-order chi connectivity index (χ0) is 14.9. The number of hydrogen-bond donors (Lipinski definition) is 2. The Morgan fingerprint density at radius 1 is 1.60 bits per heavy atom. The van der Waals surface area contributed by atoms with Crippen LogP contribution < -0.4 is 5.73 Å². The van der Waals surface area contributed by atoms with E-state index < -0.39 is 6.10 Å². The van der Waals surface area contributed by atoms with Crippen LogP contribution in [0.2, 0.25) is 0 Å². The average Bonchev–Trinajstić information content (AvgIpc) is 2.74. The van der Waals surface area contributed by atoms with E-state index in [2.05, 4.69) is 4.98 Å². The van der Waals surface area contributed by atoms with E-state index in [1.54, 1.807) is 13.8 Å². The molecule has 6 nitrogen and oxygen atoms in total. The van der Waals surface area contributed by atoms with E-state index in [9.17, 15) is 15.2 Å². The zero-order valence-corrected chi connectivity index (χ0v) is 11.9. The number of aliphatic hydroxyl groups is 1. The Kier molecular flexibility index (Phi) is 4.06. The first kappa shape index (κ1) is 14.9. The van der Waals surface area contributed by atoms with Crippen molar-refractivity contribution in [3.05, 3.63) is 33.1 Å². The first-order valence-electron chi connectivity index (χ1n) is 6.89. The highest BCUT2D eigenvalue weighted by Gasteiger charge is 2.42. The van der Waals surface area contributed by atoms with Gasteiger partial charge in [-0.2, -0.15) is 0 Å². The molecule has 1 aromatic heterocycles. The quantitative estimate of drug-likeness (QED) is 0.644. The van der Waals surface area contributed by atoms with Crippen molar-refractivity contribution in [2.24, 2.45) is 11.1 Å². The molecule has 2 atom stereocenters. The Hall–Kier alpha value is -1.53. The van der Waals surface area contributed by atoms with Crippen LogP contribution in [0.3, 0.4) is 0 Å². The van der Waals surface area contributed by atoms with Crippen LogP contribution in [0.1, 0.15) is 36.1 Å². The lowest BCUT2D eigenvalue weighted by Crippen LogP contribution is -2.40. The molecule has 0 amide bonds. The second-order valence-electron chi connectivity index (χ2n) is 5.77. The van der Waals surface area contributed by atoms with E-state index >= 15 is 0 Å². The van der Waals surface area contributed by atoms with E-state index in [4.69, 9.17) is 5.73 Å². The first-order valence-corrected chi connectivity index (χ1v) is 6.89. The number of nitro groups is 1. The number of hydrogen-bond acceptors (Lipinski definition) is 5. The molecule has 2 unspecified atom stereocenters. The largest absolute Gasteiger partial charge is 0.392 e. The van der Waals surface area contributed by atoms with Gasteiger partial charge < -0.3 is 10.8 Å². The zero-order valence-electron chi connectivity index (χ0n) is 11.9. The summed E-state index contributed by atoms with van der Waals surface area (Å²) in [6.07, 6.45) is 4.10. The van der Waals surface area contributed by atoms with E-state index in [0.29, 0.717) is 29.8 Å². The van der Waals surface area contributed by atoms with Crippen molar-refractivity contribution in [2.75, 3.05) is 6.54 Å². The van der Waals surface area contributed by atoms with Crippen LogP contribution in [0.15, 0.2) is 6.20 Å². The summed E-state index contributed by atoms with van der Waals surface area (Å²) in [4.78, 5) is 15.1. The number of aryl methyl sites for hydroxylation is 1. The molecule has 0 aliphatic heterocycles. The van der Waals surface area contributed by atoms with Crippen LogP contribution in [-0.4, -0.2) is 27.7 Å². The second kappa shape index (κ2) is 5.46. The molecule has 1 aromatic rings. The molecule has 1 heterocycles. The second-order valence-corrected chi connectivity index (χ2v) is 5.77. The van der Waals surface area contributed by atoms with Crippen LogP contribution in [0, 0.1) is 29.4 Å². The van der Waals surface area contributed by atoms with Crippen molar-refractivity contribution >= 4 is 5.69 Å². The molecular weight excluding hydrogens is 258 g/mol. The molecule has 1 fully saturated rings. The summed E-state index contributed by atoms with van der Waals surface area (Å²) in [7, 11) is 0. The Balaban J connectivity index is 2.39. The van der Waals surface area contributed by atoms with E-state index in [1.165, 1.54) is 6.20 Å². The van der Waals surface area contributed by atoms with Gasteiger partial charge >= 0.3 is 0 Å². The summed E-state index contributed by atoms with van der Waals surface area (Å²) < 4.78 is 0. The van der Waals surface area contributed by atoms with Gasteiger partial charge in [-0.3, -0.25) is 15.1 Å². The molecule has 6 heteroatoms. The first-order chi connectivity index (χ1) is 9.41. The fraction of sp³-hybridized carbons (Fsp3) is 0.643. The van der Waals surface area contributed by atoms with Crippen LogP contribution in [0.4, 0.5) is 5.69 Å². The van der Waals surface area contributed by atoms with Gasteiger partial charge in [0.2, 0.25) is 0 Å². The number of pyridine rings is 1. The van der Waals surface area contributed by atoms with Crippen molar-refractivity contribution < 1.29 is 10.0 Å². The van der Waals surface area contributed by atoms with Gasteiger partial charge in [-0.15, -0.1) is 0 Å². The van der Waals surface area contributed by atoms with Crippen molar-refractivity contribution in [3.8, 4) is 0 Å². The average molecular weight is 279 g/mol. The summed E-state index contributed by atoms with van der Waals surface area (Å²) in [5.74, 6) is 0. The Labute approximate surface area is 118 Å². The van der Waals surface area contributed by atoms with Crippen LogP contribution >= 0.6 is 0 Å². The minimum Gasteiger partial charge on any atom is -0.392 e. The summed E-state index contributed by atoms with van der Waals surface area (Å²) in [5, 5.41) is 21.3. The fourth-order valence-electron chi connectivity index (χ4n) is 3.19. The SMILES string of the molecule is Cc1cnc(CC2(CN)CCCC2O)c(C)c1[N+](=O)[O-]. The van der Waals surface area contributed by atoms with Crippen LogP contribution in [-0.2, 0) is 6.42 Å². The van der Waals surface area contributed by atoms with Gasteiger partial charge in [-0.25, -0.2) is 0 Å². The Morgan fingerprint density at radius 2 is 2.30 bits per heavy atom. The third-order valence-electron chi connectivity index (χ3n) is 4.54. The third-order valence-corrected chi connectivity index (χ3v) is 4.54. The van der Waals surface area contributed by atoms with Gasteiger partial charge in [0, 0.05) is 29.3 Å². The van der Waals surface area contributed by atoms with E-state index in [1.807, 2.05) is 0 Å². The molecule has 1 aliphatic rings. The maximum atomic E-state index is 11.1. The van der Waals surface area contributed by atoms with Gasteiger partial charge in [0.05, 0.1) is 16.7 Å². The van der Waals surface area contributed by atoms with Crippen molar-refractivity contribution in [1.29, 1.82) is 0 Å². The molecule has 0 saturated heterocycles. The van der Waals surface area contributed by atoms with E-state index in [0.717, 1.165) is 19.3 Å². The topological polar surface area (TPSA) is 102 Å². The summed E-state index contributed by atoms with van der Waals surface area (Å²) in [6, 6.07) is 0. The van der Waals surface area contributed by atoms with Crippen molar-refractivity contribution in [2.45, 2.75) is 45.6 Å². The van der Waals surface area contributed by atoms with Gasteiger partial charge in [0.25, 0.3) is 5.69 Å². The monoisotopic (exact) mass is 279 g/mol. The molecule has 2 rings (SSSR count). The standard InChI is InChI=1S/C14H21N3O3/c1-9-7-16-11(10(2)13(9)17(19)20)6-14(8-15)5-3-4-12(14)18/h7,12,18H,3-6,8,15H2,1-2H3. The molecule has 0 radical (unpaired) electrons. The molecule has 0 aromatic carbocycles. The van der Waals surface area contributed by atoms with Crippen molar-refractivity contribution in [1.82, 2.24) is 4.98 Å². The summed E-state index contributed by atoms with van der Waals surface area (Å²) in [6.45, 7) is 3.78. The fourth-order valence-corrected chi connectivity index (χ4v) is 3.19. The predicted molar refractivity (Wildman–Crippen MR) is 75.4 cm³/mol. The molecule has 1 aliphatic carbocycles. The molecule has 110 valence electrons. The lowest BCUT2D eigenvalue weighted by molar-refractivity contribution is -0.386. The molecule has 1 saturated carbocycles. The summed E-state index contributed by atoms with van der Waals surface area (Å²) >= 11 is 0. The maximum absolute atomic E-state index is 11.1. The highest BCUT2D eigenvalue weighted by molar-refractivity contribution is 5.47. The van der Waals surface area contributed by atoms with Gasteiger partial charge in [0.1, 0.15) is 0 Å². The highest BCUT2D eigenvalue weighted by Crippen LogP contribution is 2.41. The minimum atomic E-state index is -0.450. The highest BCUT2D eigenvalue weighted by atomic mass is 16.6. The summed E-state index contributed by atoms with van der Waals surface area (Å²) in [5.41, 5.74) is 7.42. The molecule has 0 spiro atoms. The Morgan fingerprint density at radius 3 is 2.80 bits per heavy atom. The number of nitrogens with two attached hydrogens (primary N) is 1. The van der Waals surface area contributed by atoms with Gasteiger partial charge in [-0.1, -0.05) is 6.42 Å². The maximum Gasteiger partial charge on any atom is 0.278 e. The van der Waals surface area contributed by atoms with Crippen LogP contribution in [0.5, 0.6) is 0 Å². The van der Waals surface area contributed by atoms with E-state index in [-0.39, 0.29) is 16.0 Å². The van der Waals surface area contributed by atoms with Crippen LogP contribution in [0.25, 0.3) is 0 Å². The minimum absolute atomic E-state index is 0.120. The molecular formula is C14H21N3O3. The van der Waals surface area contributed by atoms with Crippen molar-refractivity contribution in [3.63, 3.8) is 0 Å². The number of aliphatic hydroxyl groups excluding tert-OH is 1. The van der Waals surface area contributed by atoms with Gasteiger partial charge in [-0.05, 0) is 33.1 Å². The third kappa shape index (κ3) is 2.41. The smallest absolute Gasteiger partial charge is 0.278 e. The number of rotatable bonds is 4. The number of nitrogens with zero attached hydrogens (tertiary/aromatic N) is 2.